The Bertz CT molecular complexity index is 912. The molecule has 2 aliphatic rings. The molecule has 3 rings (SSSR count). The third-order valence-corrected chi connectivity index (χ3v) is 6.83. The van der Waals surface area contributed by atoms with Crippen molar-refractivity contribution in [3.05, 3.63) is 48.1 Å². The molecule has 0 amide bonds. The smallest absolute Gasteiger partial charge is 0.264 e. The van der Waals surface area contributed by atoms with Gasteiger partial charge in [-0.05, 0) is 37.0 Å². The van der Waals surface area contributed by atoms with Gasteiger partial charge in [0.25, 0.3) is 10.1 Å². The van der Waals surface area contributed by atoms with Crippen LogP contribution in [-0.4, -0.2) is 41.1 Å². The zero-order valence-electron chi connectivity index (χ0n) is 13.8. The molecule has 1 heterocycles. The molecule has 1 aromatic carbocycles. The third kappa shape index (κ3) is 4.31. The quantitative estimate of drug-likeness (QED) is 0.722. The molecular formula is C17H20O6S2. The van der Waals surface area contributed by atoms with Crippen molar-refractivity contribution in [2.24, 2.45) is 0 Å². The predicted molar refractivity (Wildman–Crippen MR) is 93.8 cm³/mol. The number of sulfone groups is 1. The van der Waals surface area contributed by atoms with Crippen molar-refractivity contribution in [2.75, 3.05) is 12.9 Å². The highest BCUT2D eigenvalue weighted by Crippen LogP contribution is 2.32. The van der Waals surface area contributed by atoms with Gasteiger partial charge in [0.2, 0.25) is 0 Å². The summed E-state index contributed by atoms with van der Waals surface area (Å²) in [6.07, 6.45) is 9.38. The molecule has 0 saturated carbocycles. The first kappa shape index (κ1) is 18.2. The Hall–Kier alpha value is -1.64. The number of fused-ring (bicyclic) bond motifs is 1. The molecule has 1 aliphatic carbocycles. The van der Waals surface area contributed by atoms with E-state index < -0.39 is 31.3 Å². The van der Waals surface area contributed by atoms with E-state index >= 15 is 0 Å². The number of ether oxygens (including phenoxy) is 1. The van der Waals surface area contributed by atoms with Crippen LogP contribution in [0.2, 0.25) is 0 Å². The molecule has 1 aromatic rings. The first-order valence-corrected chi connectivity index (χ1v) is 11.3. The minimum atomic E-state index is -3.54. The monoisotopic (exact) mass is 384 g/mol. The van der Waals surface area contributed by atoms with Crippen LogP contribution < -0.4 is 4.74 Å². The van der Waals surface area contributed by atoms with Crippen LogP contribution in [0.3, 0.4) is 0 Å². The first-order valence-electron chi connectivity index (χ1n) is 7.97. The predicted octanol–water partition coefficient (Wildman–Crippen LogP) is 2.01. The maximum Gasteiger partial charge on any atom is 0.264 e. The van der Waals surface area contributed by atoms with E-state index in [9.17, 15) is 16.8 Å². The van der Waals surface area contributed by atoms with Gasteiger partial charge in [0, 0.05) is 0 Å². The molecule has 0 N–H and O–H groups in total. The summed E-state index contributed by atoms with van der Waals surface area (Å²) in [6, 6.07) is 4.90. The molecule has 6 nitrogen and oxygen atoms in total. The van der Waals surface area contributed by atoms with Crippen LogP contribution in [-0.2, 0) is 30.6 Å². The largest absolute Gasteiger partial charge is 0.488 e. The maximum atomic E-state index is 12.8. The topological polar surface area (TPSA) is 86.7 Å². The first-order chi connectivity index (χ1) is 11.8. The van der Waals surface area contributed by atoms with E-state index in [1.807, 2.05) is 12.2 Å². The van der Waals surface area contributed by atoms with Gasteiger partial charge in [-0.1, -0.05) is 30.4 Å². The van der Waals surface area contributed by atoms with Crippen LogP contribution >= 0.6 is 0 Å². The van der Waals surface area contributed by atoms with Crippen molar-refractivity contribution in [1.82, 2.24) is 0 Å². The lowest BCUT2D eigenvalue weighted by Crippen LogP contribution is -2.29. The number of aryl methyl sites for hydroxylation is 1. The lowest BCUT2D eigenvalue weighted by atomic mass is 10.0. The van der Waals surface area contributed by atoms with E-state index in [0.717, 1.165) is 11.8 Å². The Balaban J connectivity index is 1.80. The summed E-state index contributed by atoms with van der Waals surface area (Å²) in [5.74, 6) is 0.477. The molecule has 2 atom stereocenters. The van der Waals surface area contributed by atoms with Crippen molar-refractivity contribution < 1.29 is 25.8 Å². The van der Waals surface area contributed by atoms with E-state index in [1.165, 1.54) is 6.07 Å². The van der Waals surface area contributed by atoms with E-state index in [1.54, 1.807) is 24.3 Å². The van der Waals surface area contributed by atoms with Gasteiger partial charge in [-0.3, -0.25) is 4.18 Å². The lowest BCUT2D eigenvalue weighted by molar-refractivity contribution is 0.113. The second kappa shape index (κ2) is 6.93. The molecule has 0 spiro atoms. The fourth-order valence-corrected chi connectivity index (χ4v) is 4.80. The Labute approximate surface area is 148 Å². The number of allylic oxidation sites excluding steroid dienone is 3. The van der Waals surface area contributed by atoms with Gasteiger partial charge < -0.3 is 4.74 Å². The Morgan fingerprint density at radius 2 is 2.00 bits per heavy atom. The van der Waals surface area contributed by atoms with Gasteiger partial charge in [-0.25, -0.2) is 8.42 Å². The summed E-state index contributed by atoms with van der Waals surface area (Å²) in [7, 11) is -7.03. The van der Waals surface area contributed by atoms with Gasteiger partial charge in [-0.2, -0.15) is 8.42 Å². The average molecular weight is 384 g/mol. The standard InChI is InChI=1S/C17H20O6S2/c1-24(18,19)22-12-14-9-7-13-8-10-16(11-17(13)23-14)25(20,21)15-5-3-2-4-6-15/h2-5,8,10-11,14-15H,6-7,9,12H2,1H3/t14-,15?/m1/s1. The van der Waals surface area contributed by atoms with Gasteiger partial charge in [0.1, 0.15) is 18.5 Å². The summed E-state index contributed by atoms with van der Waals surface area (Å²) >= 11 is 0. The van der Waals surface area contributed by atoms with E-state index in [2.05, 4.69) is 0 Å². The highest BCUT2D eigenvalue weighted by Gasteiger charge is 2.28. The normalized spacial score (nSPS) is 23.1. The van der Waals surface area contributed by atoms with Gasteiger partial charge in [-0.15, -0.1) is 0 Å². The molecule has 0 fully saturated rings. The van der Waals surface area contributed by atoms with E-state index in [0.29, 0.717) is 25.0 Å². The number of hydrogen-bond acceptors (Lipinski definition) is 6. The second-order valence-electron chi connectivity index (χ2n) is 6.17. The highest BCUT2D eigenvalue weighted by atomic mass is 32.2. The zero-order valence-corrected chi connectivity index (χ0v) is 15.4. The number of hydrogen-bond donors (Lipinski definition) is 0. The van der Waals surface area contributed by atoms with Crippen molar-refractivity contribution in [1.29, 1.82) is 0 Å². The fraction of sp³-hybridized carbons (Fsp3) is 0.412. The molecule has 0 bridgehead atoms. The van der Waals surface area contributed by atoms with Gasteiger partial charge in [0.15, 0.2) is 9.84 Å². The van der Waals surface area contributed by atoms with Crippen LogP contribution in [0.1, 0.15) is 18.4 Å². The van der Waals surface area contributed by atoms with Crippen LogP contribution in [0, 0.1) is 0 Å². The molecule has 0 radical (unpaired) electrons. The van der Waals surface area contributed by atoms with Crippen molar-refractivity contribution in [3.8, 4) is 5.75 Å². The molecule has 0 aromatic heterocycles. The van der Waals surface area contributed by atoms with Gasteiger partial charge >= 0.3 is 0 Å². The molecule has 1 aliphatic heterocycles. The van der Waals surface area contributed by atoms with Crippen molar-refractivity contribution in [2.45, 2.75) is 35.5 Å². The molecule has 1 unspecified atom stereocenters. The average Bonchev–Trinajstić information content (AvgIpc) is 2.59. The summed E-state index contributed by atoms with van der Waals surface area (Å²) in [5.41, 5.74) is 0.911. The third-order valence-electron chi connectivity index (χ3n) is 4.20. The van der Waals surface area contributed by atoms with Crippen LogP contribution in [0.25, 0.3) is 0 Å². The minimum absolute atomic E-state index is 0.0780. The fourth-order valence-electron chi connectivity index (χ4n) is 2.86. The lowest BCUT2D eigenvalue weighted by Gasteiger charge is -2.26. The van der Waals surface area contributed by atoms with Gasteiger partial charge in [0.05, 0.1) is 16.4 Å². The second-order valence-corrected chi connectivity index (χ2v) is 9.98. The molecule has 8 heteroatoms. The van der Waals surface area contributed by atoms with E-state index in [-0.39, 0.29) is 11.5 Å². The number of benzene rings is 1. The molecular weight excluding hydrogens is 364 g/mol. The Morgan fingerprint density at radius 3 is 2.68 bits per heavy atom. The zero-order chi connectivity index (χ0) is 18.1. The summed E-state index contributed by atoms with van der Waals surface area (Å²) in [4.78, 5) is 0.209. The molecule has 25 heavy (non-hydrogen) atoms. The Kier molecular flexibility index (Phi) is 5.04. The maximum absolute atomic E-state index is 12.8. The van der Waals surface area contributed by atoms with Crippen molar-refractivity contribution in [3.63, 3.8) is 0 Å². The minimum Gasteiger partial charge on any atom is -0.488 e. The van der Waals surface area contributed by atoms with Crippen LogP contribution in [0.5, 0.6) is 5.75 Å². The van der Waals surface area contributed by atoms with E-state index in [4.69, 9.17) is 8.92 Å². The number of rotatable bonds is 5. The summed E-state index contributed by atoms with van der Waals surface area (Å²) in [5, 5.41) is -0.580. The van der Waals surface area contributed by atoms with Crippen LogP contribution in [0.4, 0.5) is 0 Å². The molecule has 136 valence electrons. The molecule has 0 saturated heterocycles. The SMILES string of the molecule is CS(=O)(=O)OC[C@H]1CCc2ccc(S(=O)(=O)C3C=CC=CC3)cc2O1. The summed E-state index contributed by atoms with van der Waals surface area (Å²) in [6.45, 7) is -0.0780. The Morgan fingerprint density at radius 1 is 1.20 bits per heavy atom. The summed E-state index contributed by atoms with van der Waals surface area (Å²) < 4.78 is 58.3. The van der Waals surface area contributed by atoms with Crippen LogP contribution in [0.15, 0.2) is 47.4 Å². The highest BCUT2D eigenvalue weighted by molar-refractivity contribution is 7.92. The van der Waals surface area contributed by atoms with Crippen molar-refractivity contribution >= 4 is 20.0 Å².